The number of aromatic nitrogens is 4. The third kappa shape index (κ3) is 4.88. The Hall–Kier alpha value is -3.88. The lowest BCUT2D eigenvalue weighted by molar-refractivity contribution is 0.278. The molecule has 32 heavy (non-hydrogen) atoms. The fraction of sp³-hybridized carbons (Fsp3) is 0.304. The molecule has 9 nitrogen and oxygen atoms in total. The maximum Gasteiger partial charge on any atom is 0.290 e. The normalized spacial score (nSPS) is 17.6. The van der Waals surface area contributed by atoms with Crippen LogP contribution >= 0.6 is 0 Å². The Morgan fingerprint density at radius 3 is 2.88 bits per heavy atom. The highest BCUT2D eigenvalue weighted by Crippen LogP contribution is 2.46. The van der Waals surface area contributed by atoms with Gasteiger partial charge >= 0.3 is 0 Å². The minimum atomic E-state index is -0.249. The van der Waals surface area contributed by atoms with E-state index in [2.05, 4.69) is 20.4 Å². The van der Waals surface area contributed by atoms with Crippen molar-refractivity contribution in [3.63, 3.8) is 0 Å². The van der Waals surface area contributed by atoms with Gasteiger partial charge in [-0.3, -0.25) is 14.8 Å². The molecule has 0 aromatic carbocycles. The van der Waals surface area contributed by atoms with Crippen LogP contribution in [0.15, 0.2) is 59.8 Å². The molecule has 4 rings (SSSR count). The fourth-order valence-electron chi connectivity index (χ4n) is 3.48. The second-order valence-electron chi connectivity index (χ2n) is 7.62. The Bertz CT molecular complexity index is 1140. The number of ether oxygens (including phenoxy) is 2. The second kappa shape index (κ2) is 9.51. The molecule has 0 amide bonds. The smallest absolute Gasteiger partial charge is 0.290 e. The topological polar surface area (TPSA) is 117 Å². The summed E-state index contributed by atoms with van der Waals surface area (Å²) in [6.07, 6.45) is 5.92. The predicted octanol–water partition coefficient (Wildman–Crippen LogP) is 2.17. The largest absolute Gasteiger partial charge is 0.495 e. The number of pyridine rings is 2. The Kier molecular flexibility index (Phi) is 6.34. The summed E-state index contributed by atoms with van der Waals surface area (Å²) in [5.74, 6) is 1.86. The van der Waals surface area contributed by atoms with Crippen LogP contribution in [-0.2, 0) is 7.05 Å². The van der Waals surface area contributed by atoms with Crippen LogP contribution in [0, 0.1) is 5.92 Å². The summed E-state index contributed by atoms with van der Waals surface area (Å²) in [6.45, 7) is 0.852. The van der Waals surface area contributed by atoms with Crippen molar-refractivity contribution in [1.82, 2.24) is 19.7 Å². The van der Waals surface area contributed by atoms with Crippen molar-refractivity contribution in [2.24, 2.45) is 18.7 Å². The van der Waals surface area contributed by atoms with E-state index < -0.39 is 0 Å². The molecule has 0 radical (unpaired) electrons. The zero-order chi connectivity index (χ0) is 22.5. The first-order valence-electron chi connectivity index (χ1n) is 10.4. The van der Waals surface area contributed by atoms with Crippen molar-refractivity contribution in [2.75, 3.05) is 25.6 Å². The van der Waals surface area contributed by atoms with Gasteiger partial charge < -0.3 is 20.5 Å². The van der Waals surface area contributed by atoms with Crippen LogP contribution in [0.1, 0.15) is 23.7 Å². The quantitative estimate of drug-likeness (QED) is 0.526. The summed E-state index contributed by atoms with van der Waals surface area (Å²) < 4.78 is 12.3. The fourth-order valence-corrected chi connectivity index (χ4v) is 3.48. The maximum atomic E-state index is 12.5. The lowest BCUT2D eigenvalue weighted by atomic mass is 10.2. The molecule has 1 aliphatic rings. The average Bonchev–Trinajstić information content (AvgIpc) is 3.61. The molecule has 1 unspecified atom stereocenters. The van der Waals surface area contributed by atoms with Gasteiger partial charge in [0, 0.05) is 55.2 Å². The van der Waals surface area contributed by atoms with Crippen molar-refractivity contribution >= 4 is 11.3 Å². The van der Waals surface area contributed by atoms with E-state index >= 15 is 0 Å². The summed E-state index contributed by atoms with van der Waals surface area (Å²) in [4.78, 5) is 21.3. The molecule has 2 atom stereocenters. The molecule has 9 heteroatoms. The SMILES string of the molecule is COc1ccc([C@@H]2CC2COc2cc(NCC(=CN)c3ccccn3)c(=O)n(C)n2)nc1. The molecule has 0 aliphatic heterocycles. The van der Waals surface area contributed by atoms with Crippen LogP contribution in [0.3, 0.4) is 0 Å². The van der Waals surface area contributed by atoms with Crippen molar-refractivity contribution in [3.8, 4) is 11.6 Å². The average molecular weight is 435 g/mol. The number of hydrogen-bond acceptors (Lipinski definition) is 8. The van der Waals surface area contributed by atoms with E-state index in [0.29, 0.717) is 36.6 Å². The van der Waals surface area contributed by atoms with Crippen molar-refractivity contribution in [3.05, 3.63) is 76.7 Å². The van der Waals surface area contributed by atoms with Gasteiger partial charge in [-0.1, -0.05) is 6.07 Å². The minimum absolute atomic E-state index is 0.249. The van der Waals surface area contributed by atoms with Crippen LogP contribution in [0.25, 0.3) is 5.57 Å². The molecule has 3 N–H and O–H groups in total. The molecule has 1 saturated carbocycles. The molecule has 0 bridgehead atoms. The third-order valence-corrected chi connectivity index (χ3v) is 5.45. The lowest BCUT2D eigenvalue weighted by Gasteiger charge is -2.12. The number of aryl methyl sites for hydroxylation is 1. The second-order valence-corrected chi connectivity index (χ2v) is 7.62. The summed E-state index contributed by atoms with van der Waals surface area (Å²) >= 11 is 0. The van der Waals surface area contributed by atoms with Gasteiger partial charge in [-0.15, -0.1) is 5.10 Å². The molecule has 166 valence electrons. The maximum absolute atomic E-state index is 12.5. The van der Waals surface area contributed by atoms with Crippen molar-refractivity contribution < 1.29 is 9.47 Å². The van der Waals surface area contributed by atoms with E-state index in [-0.39, 0.29) is 5.56 Å². The van der Waals surface area contributed by atoms with Gasteiger partial charge in [0.1, 0.15) is 11.4 Å². The molecule has 3 aromatic rings. The molecule has 1 fully saturated rings. The van der Waals surface area contributed by atoms with Gasteiger partial charge in [0.25, 0.3) is 5.56 Å². The number of nitrogens with one attached hydrogen (secondary N) is 1. The van der Waals surface area contributed by atoms with Crippen LogP contribution in [0.5, 0.6) is 11.6 Å². The molecule has 3 heterocycles. The van der Waals surface area contributed by atoms with Crippen molar-refractivity contribution in [1.29, 1.82) is 0 Å². The predicted molar refractivity (Wildman–Crippen MR) is 122 cm³/mol. The van der Waals surface area contributed by atoms with Gasteiger partial charge in [-0.2, -0.15) is 0 Å². The van der Waals surface area contributed by atoms with Gasteiger partial charge in [0.05, 0.1) is 25.6 Å². The van der Waals surface area contributed by atoms with Crippen LogP contribution in [0.2, 0.25) is 0 Å². The first-order chi connectivity index (χ1) is 15.6. The molecular weight excluding hydrogens is 408 g/mol. The number of nitrogens with two attached hydrogens (primary N) is 1. The van der Waals surface area contributed by atoms with Gasteiger partial charge in [0.2, 0.25) is 5.88 Å². The zero-order valence-electron chi connectivity index (χ0n) is 18.1. The Balaban J connectivity index is 1.37. The van der Waals surface area contributed by atoms with E-state index in [1.54, 1.807) is 32.6 Å². The summed E-state index contributed by atoms with van der Waals surface area (Å²) in [6, 6.07) is 11.1. The molecule has 0 saturated heterocycles. The highest BCUT2D eigenvalue weighted by atomic mass is 16.5. The van der Waals surface area contributed by atoms with Crippen LogP contribution < -0.4 is 26.1 Å². The highest BCUT2D eigenvalue weighted by molar-refractivity contribution is 5.66. The number of hydrogen-bond donors (Lipinski definition) is 2. The standard InChI is InChI=1S/C23H26N6O3/c1-29-23(30)21(26-12-16(11-24)19-5-3-4-8-25-19)10-22(28-29)32-14-15-9-18(15)20-7-6-17(31-2)13-27-20/h3-8,10-11,13,15,18,26H,9,12,14,24H2,1-2H3/t15?,18-/m1/s1. The Labute approximate surface area is 185 Å². The van der Waals surface area contributed by atoms with E-state index in [9.17, 15) is 4.79 Å². The summed E-state index contributed by atoms with van der Waals surface area (Å²) in [7, 11) is 3.22. The molecule has 3 aromatic heterocycles. The number of methoxy groups -OCH3 is 1. The first-order valence-corrected chi connectivity index (χ1v) is 10.4. The zero-order valence-corrected chi connectivity index (χ0v) is 18.1. The van der Waals surface area contributed by atoms with E-state index in [0.717, 1.165) is 29.1 Å². The number of rotatable bonds is 9. The number of anilines is 1. The molecule has 0 spiro atoms. The Morgan fingerprint density at radius 1 is 1.31 bits per heavy atom. The van der Waals surface area contributed by atoms with E-state index in [1.165, 1.54) is 10.9 Å². The Morgan fingerprint density at radius 2 is 2.19 bits per heavy atom. The third-order valence-electron chi connectivity index (χ3n) is 5.45. The van der Waals surface area contributed by atoms with Gasteiger partial charge in [-0.05, 0) is 30.7 Å². The molecular formula is C23H26N6O3. The van der Waals surface area contributed by atoms with E-state index in [4.69, 9.17) is 15.2 Å². The summed E-state index contributed by atoms with van der Waals surface area (Å²) in [5.41, 5.74) is 8.45. The minimum Gasteiger partial charge on any atom is -0.495 e. The van der Waals surface area contributed by atoms with E-state index in [1.807, 2.05) is 30.3 Å². The first kappa shape index (κ1) is 21.4. The van der Waals surface area contributed by atoms with Crippen molar-refractivity contribution in [2.45, 2.75) is 12.3 Å². The van der Waals surface area contributed by atoms with Crippen LogP contribution in [0.4, 0.5) is 5.69 Å². The lowest BCUT2D eigenvalue weighted by Crippen LogP contribution is -2.24. The van der Waals surface area contributed by atoms with Crippen LogP contribution in [-0.4, -0.2) is 40.0 Å². The number of nitrogens with zero attached hydrogens (tertiary/aromatic N) is 4. The summed E-state index contributed by atoms with van der Waals surface area (Å²) in [5, 5.41) is 7.35. The van der Waals surface area contributed by atoms with Gasteiger partial charge in [-0.25, -0.2) is 4.68 Å². The molecule has 1 aliphatic carbocycles. The van der Waals surface area contributed by atoms with Gasteiger partial charge in [0.15, 0.2) is 0 Å². The highest BCUT2D eigenvalue weighted by Gasteiger charge is 2.40. The monoisotopic (exact) mass is 434 g/mol.